The molecule has 1 unspecified atom stereocenters. The van der Waals surface area contributed by atoms with Crippen molar-refractivity contribution in [2.75, 3.05) is 20.1 Å². The van der Waals surface area contributed by atoms with E-state index in [4.69, 9.17) is 5.11 Å². The van der Waals surface area contributed by atoms with E-state index in [9.17, 15) is 4.79 Å². The van der Waals surface area contributed by atoms with Crippen molar-refractivity contribution in [3.8, 4) is 0 Å². The van der Waals surface area contributed by atoms with Crippen LogP contribution in [-0.2, 0) is 4.79 Å². The number of hydrogen-bond donors (Lipinski definition) is 1. The van der Waals surface area contributed by atoms with E-state index in [2.05, 4.69) is 10.00 Å². The second-order valence-corrected chi connectivity index (χ2v) is 4.14. The van der Waals surface area contributed by atoms with Crippen molar-refractivity contribution in [1.82, 2.24) is 14.7 Å². The molecule has 1 aromatic rings. The Balaban J connectivity index is 2.19. The lowest BCUT2D eigenvalue weighted by Gasteiger charge is -2.37. The summed E-state index contributed by atoms with van der Waals surface area (Å²) in [5.74, 6) is -1.29. The number of aromatic nitrogens is 2. The molecule has 15 heavy (non-hydrogen) atoms. The van der Waals surface area contributed by atoms with Crippen molar-refractivity contribution >= 4 is 5.97 Å². The van der Waals surface area contributed by atoms with E-state index in [0.29, 0.717) is 6.04 Å². The van der Waals surface area contributed by atoms with Gasteiger partial charge in [0.2, 0.25) is 0 Å². The molecule has 1 aromatic heterocycles. The average molecular weight is 209 g/mol. The third kappa shape index (κ3) is 1.74. The van der Waals surface area contributed by atoms with Gasteiger partial charge in [0.15, 0.2) is 0 Å². The third-order valence-corrected chi connectivity index (χ3v) is 2.91. The molecule has 82 valence electrons. The highest BCUT2D eigenvalue weighted by molar-refractivity contribution is 5.74. The summed E-state index contributed by atoms with van der Waals surface area (Å²) in [6.07, 6.45) is 1.67. The van der Waals surface area contributed by atoms with Crippen LogP contribution < -0.4 is 0 Å². The quantitative estimate of drug-likeness (QED) is 0.790. The molecule has 1 aliphatic heterocycles. The molecule has 0 aromatic carbocycles. The molecular formula is C10H15N3O2. The lowest BCUT2D eigenvalue weighted by Crippen LogP contribution is -2.46. The van der Waals surface area contributed by atoms with Crippen LogP contribution in [0.15, 0.2) is 12.3 Å². The Kier molecular flexibility index (Phi) is 2.48. The lowest BCUT2D eigenvalue weighted by atomic mass is 10.1. The standard InChI is InChI=1S/C10H15N3O2/c1-7(10(14)15)9-3-4-11-13(9)8-5-12(2)6-8/h3-4,7-8H,5-6H2,1-2H3,(H,14,15). The van der Waals surface area contributed by atoms with Gasteiger partial charge in [0, 0.05) is 19.3 Å². The van der Waals surface area contributed by atoms with Gasteiger partial charge in [0.05, 0.1) is 17.7 Å². The summed E-state index contributed by atoms with van der Waals surface area (Å²) in [7, 11) is 2.04. The van der Waals surface area contributed by atoms with Gasteiger partial charge in [0.25, 0.3) is 0 Å². The van der Waals surface area contributed by atoms with Crippen molar-refractivity contribution < 1.29 is 9.90 Å². The lowest BCUT2D eigenvalue weighted by molar-refractivity contribution is -0.138. The number of nitrogens with zero attached hydrogens (tertiary/aromatic N) is 3. The number of carboxylic acid groups (broad SMARTS) is 1. The number of likely N-dealkylation sites (tertiary alicyclic amines) is 1. The first-order valence-electron chi connectivity index (χ1n) is 5.04. The van der Waals surface area contributed by atoms with E-state index < -0.39 is 11.9 Å². The van der Waals surface area contributed by atoms with Crippen molar-refractivity contribution in [1.29, 1.82) is 0 Å². The fraction of sp³-hybridized carbons (Fsp3) is 0.600. The Labute approximate surface area is 88.3 Å². The highest BCUT2D eigenvalue weighted by atomic mass is 16.4. The van der Waals surface area contributed by atoms with Crippen LogP contribution in [0.1, 0.15) is 24.6 Å². The smallest absolute Gasteiger partial charge is 0.312 e. The molecular weight excluding hydrogens is 194 g/mol. The Bertz CT molecular complexity index is 368. The largest absolute Gasteiger partial charge is 0.481 e. The molecule has 1 atom stereocenters. The number of aliphatic carboxylic acids is 1. The fourth-order valence-electron chi connectivity index (χ4n) is 1.92. The second-order valence-electron chi connectivity index (χ2n) is 4.14. The minimum absolute atomic E-state index is 0.335. The van der Waals surface area contributed by atoms with Gasteiger partial charge in [-0.15, -0.1) is 0 Å². The van der Waals surface area contributed by atoms with Crippen molar-refractivity contribution in [3.63, 3.8) is 0 Å². The van der Waals surface area contributed by atoms with Crippen LogP contribution in [0.4, 0.5) is 0 Å². The zero-order chi connectivity index (χ0) is 11.0. The summed E-state index contributed by atoms with van der Waals surface area (Å²) in [5.41, 5.74) is 0.792. The first-order chi connectivity index (χ1) is 7.09. The van der Waals surface area contributed by atoms with Crippen molar-refractivity contribution in [2.24, 2.45) is 0 Å². The van der Waals surface area contributed by atoms with Crippen LogP contribution >= 0.6 is 0 Å². The molecule has 1 N–H and O–H groups in total. The minimum atomic E-state index is -0.801. The number of carbonyl (C=O) groups is 1. The van der Waals surface area contributed by atoms with E-state index in [1.54, 1.807) is 19.2 Å². The molecule has 2 rings (SSSR count). The van der Waals surface area contributed by atoms with Crippen molar-refractivity contribution in [3.05, 3.63) is 18.0 Å². The molecule has 1 saturated heterocycles. The molecule has 5 heteroatoms. The number of hydrogen-bond acceptors (Lipinski definition) is 3. The first kappa shape index (κ1) is 10.2. The van der Waals surface area contributed by atoms with Gasteiger partial charge >= 0.3 is 5.97 Å². The third-order valence-electron chi connectivity index (χ3n) is 2.91. The Hall–Kier alpha value is -1.36. The normalized spacial score (nSPS) is 19.9. The van der Waals surface area contributed by atoms with Gasteiger partial charge in [0.1, 0.15) is 0 Å². The van der Waals surface area contributed by atoms with Crippen LogP contribution in [0.25, 0.3) is 0 Å². The molecule has 0 saturated carbocycles. The molecule has 0 aliphatic carbocycles. The molecule has 0 bridgehead atoms. The van der Waals surface area contributed by atoms with Gasteiger partial charge in [-0.25, -0.2) is 0 Å². The number of likely N-dealkylation sites (N-methyl/N-ethyl adjacent to an activating group) is 1. The van der Waals surface area contributed by atoms with Gasteiger partial charge in [-0.1, -0.05) is 0 Å². The Morgan fingerprint density at radius 2 is 2.33 bits per heavy atom. The second kappa shape index (κ2) is 3.66. The summed E-state index contributed by atoms with van der Waals surface area (Å²) in [5, 5.41) is 13.2. The van der Waals surface area contributed by atoms with Crippen LogP contribution in [0.2, 0.25) is 0 Å². The molecule has 0 radical (unpaired) electrons. The maximum atomic E-state index is 10.9. The van der Waals surface area contributed by atoms with Crippen LogP contribution in [0.5, 0.6) is 0 Å². The van der Waals surface area contributed by atoms with Gasteiger partial charge < -0.3 is 10.0 Å². The highest BCUT2D eigenvalue weighted by Gasteiger charge is 2.29. The molecule has 0 amide bonds. The number of carboxylic acids is 1. The summed E-state index contributed by atoms with van der Waals surface area (Å²) in [6, 6.07) is 2.12. The molecule has 1 aliphatic rings. The van der Waals surface area contributed by atoms with Crippen LogP contribution in [0, 0.1) is 0 Å². The molecule has 1 fully saturated rings. The maximum Gasteiger partial charge on any atom is 0.312 e. The fourth-order valence-corrected chi connectivity index (χ4v) is 1.92. The highest BCUT2D eigenvalue weighted by Crippen LogP contribution is 2.24. The monoisotopic (exact) mass is 209 g/mol. The SMILES string of the molecule is CC(C(=O)O)c1ccnn1C1CN(C)C1. The van der Waals surface area contributed by atoms with Crippen molar-refractivity contribution in [2.45, 2.75) is 18.9 Å². The van der Waals surface area contributed by atoms with E-state index in [1.807, 2.05) is 11.7 Å². The Morgan fingerprint density at radius 3 is 2.87 bits per heavy atom. The Morgan fingerprint density at radius 1 is 1.67 bits per heavy atom. The van der Waals surface area contributed by atoms with Gasteiger partial charge in [-0.2, -0.15) is 5.10 Å². The summed E-state index contributed by atoms with van der Waals surface area (Å²) in [6.45, 7) is 3.58. The first-order valence-corrected chi connectivity index (χ1v) is 5.04. The molecule has 2 heterocycles. The average Bonchev–Trinajstić information content (AvgIpc) is 2.59. The minimum Gasteiger partial charge on any atom is -0.481 e. The molecule has 0 spiro atoms. The van der Waals surface area contributed by atoms with Gasteiger partial charge in [-0.3, -0.25) is 9.48 Å². The van der Waals surface area contributed by atoms with Crippen LogP contribution in [0.3, 0.4) is 0 Å². The summed E-state index contributed by atoms with van der Waals surface area (Å²) >= 11 is 0. The van der Waals surface area contributed by atoms with E-state index in [-0.39, 0.29) is 0 Å². The maximum absolute atomic E-state index is 10.9. The van der Waals surface area contributed by atoms with E-state index in [1.165, 1.54) is 0 Å². The van der Waals surface area contributed by atoms with Crippen LogP contribution in [-0.4, -0.2) is 45.9 Å². The topological polar surface area (TPSA) is 58.4 Å². The zero-order valence-electron chi connectivity index (χ0n) is 8.92. The summed E-state index contributed by atoms with van der Waals surface area (Å²) in [4.78, 5) is 13.1. The predicted octanol–water partition coefficient (Wildman–Crippen LogP) is 0.558. The number of rotatable bonds is 3. The summed E-state index contributed by atoms with van der Waals surface area (Å²) < 4.78 is 1.85. The zero-order valence-corrected chi connectivity index (χ0v) is 8.92. The predicted molar refractivity (Wildman–Crippen MR) is 54.8 cm³/mol. The molecule has 5 nitrogen and oxygen atoms in total. The van der Waals surface area contributed by atoms with E-state index >= 15 is 0 Å². The van der Waals surface area contributed by atoms with E-state index in [0.717, 1.165) is 18.8 Å². The van der Waals surface area contributed by atoms with Gasteiger partial charge in [-0.05, 0) is 20.0 Å².